The van der Waals surface area contributed by atoms with Crippen molar-refractivity contribution in [3.8, 4) is 0 Å². The van der Waals surface area contributed by atoms with Gasteiger partial charge in [-0.15, -0.1) is 0 Å². The van der Waals surface area contributed by atoms with Crippen LogP contribution in [0.1, 0.15) is 46.5 Å². The van der Waals surface area contributed by atoms with Crippen molar-refractivity contribution < 1.29 is 0 Å². The fraction of sp³-hybridized carbons (Fsp3) is 1.00. The van der Waals surface area contributed by atoms with Gasteiger partial charge < -0.3 is 0 Å². The van der Waals surface area contributed by atoms with E-state index >= 15 is 0 Å². The summed E-state index contributed by atoms with van der Waals surface area (Å²) in [6, 6.07) is 0. The third-order valence-electron chi connectivity index (χ3n) is 3.15. The molecule has 0 aromatic carbocycles. The van der Waals surface area contributed by atoms with E-state index in [2.05, 4.69) is 20.8 Å². The summed E-state index contributed by atoms with van der Waals surface area (Å²) in [6.07, 6.45) is 5.82. The lowest BCUT2D eigenvalue weighted by atomic mass is 9.74. The lowest BCUT2D eigenvalue weighted by molar-refractivity contribution is 0.198. The summed E-state index contributed by atoms with van der Waals surface area (Å²) in [5, 5.41) is 0. The second kappa shape index (κ2) is 3.41. The first-order valence-electron chi connectivity index (χ1n) is 4.74. The van der Waals surface area contributed by atoms with E-state index in [9.17, 15) is 0 Å². The molecular weight excluding hydrogens is 120 g/mol. The van der Waals surface area contributed by atoms with Crippen LogP contribution in [0, 0.1) is 17.8 Å². The molecule has 0 radical (unpaired) electrons. The van der Waals surface area contributed by atoms with E-state index in [0.29, 0.717) is 0 Å². The quantitative estimate of drug-likeness (QED) is 0.523. The summed E-state index contributed by atoms with van der Waals surface area (Å²) in [4.78, 5) is 0. The molecule has 10 heavy (non-hydrogen) atoms. The van der Waals surface area contributed by atoms with Crippen LogP contribution in [-0.2, 0) is 0 Å². The molecule has 3 atom stereocenters. The molecule has 1 aliphatic carbocycles. The number of rotatable bonds is 1. The summed E-state index contributed by atoms with van der Waals surface area (Å²) in [5.41, 5.74) is 0. The highest BCUT2D eigenvalue weighted by molar-refractivity contribution is 4.74. The van der Waals surface area contributed by atoms with Crippen molar-refractivity contribution in [3.05, 3.63) is 0 Å². The molecule has 60 valence electrons. The Morgan fingerprint density at radius 2 is 1.90 bits per heavy atom. The van der Waals surface area contributed by atoms with E-state index in [4.69, 9.17) is 0 Å². The second-order valence-corrected chi connectivity index (χ2v) is 4.06. The molecule has 0 aliphatic heterocycles. The Hall–Kier alpha value is 0. The summed E-state index contributed by atoms with van der Waals surface area (Å²) < 4.78 is 0. The Kier molecular flexibility index (Phi) is 2.76. The maximum atomic E-state index is 2.42. The van der Waals surface area contributed by atoms with Gasteiger partial charge in [-0.1, -0.05) is 40.0 Å². The molecule has 0 nitrogen and oxygen atoms in total. The predicted molar refractivity (Wildman–Crippen MR) is 46.0 cm³/mol. The number of hydrogen-bond acceptors (Lipinski definition) is 0. The maximum absolute atomic E-state index is 2.42. The predicted octanol–water partition coefficient (Wildman–Crippen LogP) is 3.47. The van der Waals surface area contributed by atoms with Gasteiger partial charge in [0, 0.05) is 0 Å². The Bertz CT molecular complexity index is 96.2. The molecule has 0 heteroatoms. The van der Waals surface area contributed by atoms with Crippen LogP contribution in [0.5, 0.6) is 0 Å². The van der Waals surface area contributed by atoms with Crippen molar-refractivity contribution in [2.75, 3.05) is 0 Å². The van der Waals surface area contributed by atoms with E-state index in [-0.39, 0.29) is 0 Å². The molecule has 0 aromatic rings. The molecule has 2 unspecified atom stereocenters. The summed E-state index contributed by atoms with van der Waals surface area (Å²) in [7, 11) is 0. The Morgan fingerprint density at radius 1 is 1.20 bits per heavy atom. The lowest BCUT2D eigenvalue weighted by Crippen LogP contribution is -2.20. The van der Waals surface area contributed by atoms with Crippen molar-refractivity contribution >= 4 is 0 Å². The highest BCUT2D eigenvalue weighted by Crippen LogP contribution is 2.34. The summed E-state index contributed by atoms with van der Waals surface area (Å²) >= 11 is 0. The van der Waals surface area contributed by atoms with Crippen LogP contribution >= 0.6 is 0 Å². The average Bonchev–Trinajstić information content (AvgIpc) is 1.94. The Labute approximate surface area is 65.0 Å². The van der Waals surface area contributed by atoms with Crippen molar-refractivity contribution in [2.24, 2.45) is 17.8 Å². The third kappa shape index (κ3) is 1.74. The summed E-state index contributed by atoms with van der Waals surface area (Å²) in [5.74, 6) is 3.03. The molecule has 0 N–H and O–H groups in total. The largest absolute Gasteiger partial charge is 0.0651 e. The van der Waals surface area contributed by atoms with E-state index < -0.39 is 0 Å². The van der Waals surface area contributed by atoms with Crippen molar-refractivity contribution in [2.45, 2.75) is 46.5 Å². The first kappa shape index (κ1) is 8.10. The van der Waals surface area contributed by atoms with Crippen LogP contribution < -0.4 is 0 Å². The van der Waals surface area contributed by atoms with Crippen molar-refractivity contribution in [1.29, 1.82) is 0 Å². The van der Waals surface area contributed by atoms with Gasteiger partial charge in [-0.2, -0.15) is 0 Å². The highest BCUT2D eigenvalue weighted by Gasteiger charge is 2.23. The smallest absolute Gasteiger partial charge is 0.0389 e. The van der Waals surface area contributed by atoms with E-state index in [1.807, 2.05) is 0 Å². The molecule has 0 heterocycles. The molecule has 1 saturated carbocycles. The minimum Gasteiger partial charge on any atom is -0.0651 e. The van der Waals surface area contributed by atoms with Gasteiger partial charge in [-0.25, -0.2) is 0 Å². The normalized spacial score (nSPS) is 41.7. The second-order valence-electron chi connectivity index (χ2n) is 4.06. The molecule has 0 spiro atoms. The van der Waals surface area contributed by atoms with Crippen LogP contribution in [-0.4, -0.2) is 0 Å². The molecule has 0 saturated heterocycles. The Morgan fingerprint density at radius 3 is 2.40 bits per heavy atom. The van der Waals surface area contributed by atoms with Gasteiger partial charge in [-0.05, 0) is 24.2 Å². The average molecular weight is 140 g/mol. The molecule has 0 amide bonds. The molecule has 1 aliphatic rings. The monoisotopic (exact) mass is 140 g/mol. The molecular formula is C10H20. The van der Waals surface area contributed by atoms with Gasteiger partial charge in [0.25, 0.3) is 0 Å². The van der Waals surface area contributed by atoms with E-state index in [1.165, 1.54) is 25.7 Å². The minimum absolute atomic E-state index is 1.00. The van der Waals surface area contributed by atoms with Crippen LogP contribution in [0.4, 0.5) is 0 Å². The molecule has 0 bridgehead atoms. The zero-order valence-corrected chi connectivity index (χ0v) is 7.56. The first-order chi connectivity index (χ1) is 4.74. The van der Waals surface area contributed by atoms with Crippen LogP contribution in [0.15, 0.2) is 0 Å². The maximum Gasteiger partial charge on any atom is -0.0389 e. The van der Waals surface area contributed by atoms with Gasteiger partial charge >= 0.3 is 0 Å². The van der Waals surface area contributed by atoms with Gasteiger partial charge in [0.05, 0.1) is 0 Å². The highest BCUT2D eigenvalue weighted by atomic mass is 14.3. The van der Waals surface area contributed by atoms with Gasteiger partial charge in [0.1, 0.15) is 0 Å². The SMILES string of the molecule is CCC1C[C@H](C)CCC1C. The zero-order valence-electron chi connectivity index (χ0n) is 7.56. The van der Waals surface area contributed by atoms with Crippen LogP contribution in [0.2, 0.25) is 0 Å². The van der Waals surface area contributed by atoms with Crippen LogP contribution in [0.3, 0.4) is 0 Å². The minimum atomic E-state index is 1.00. The lowest BCUT2D eigenvalue weighted by Gasteiger charge is -2.31. The van der Waals surface area contributed by atoms with Crippen molar-refractivity contribution in [3.63, 3.8) is 0 Å². The Balaban J connectivity index is 2.38. The third-order valence-corrected chi connectivity index (χ3v) is 3.15. The molecule has 1 fully saturated rings. The zero-order chi connectivity index (χ0) is 7.56. The molecule has 0 aromatic heterocycles. The molecule has 1 rings (SSSR count). The standard InChI is InChI=1S/C10H20/c1-4-10-7-8(2)5-6-9(10)3/h8-10H,4-7H2,1-3H3/t8-,9?,10?/m1/s1. The van der Waals surface area contributed by atoms with Crippen LogP contribution in [0.25, 0.3) is 0 Å². The fourth-order valence-corrected chi connectivity index (χ4v) is 2.22. The van der Waals surface area contributed by atoms with E-state index in [0.717, 1.165) is 17.8 Å². The van der Waals surface area contributed by atoms with Gasteiger partial charge in [0.15, 0.2) is 0 Å². The van der Waals surface area contributed by atoms with Crippen molar-refractivity contribution in [1.82, 2.24) is 0 Å². The van der Waals surface area contributed by atoms with E-state index in [1.54, 1.807) is 0 Å². The first-order valence-corrected chi connectivity index (χ1v) is 4.74. The van der Waals surface area contributed by atoms with Gasteiger partial charge in [0.2, 0.25) is 0 Å². The number of hydrogen-bond donors (Lipinski definition) is 0. The summed E-state index contributed by atoms with van der Waals surface area (Å²) in [6.45, 7) is 7.15. The van der Waals surface area contributed by atoms with Gasteiger partial charge in [-0.3, -0.25) is 0 Å². The topological polar surface area (TPSA) is 0 Å². The fourth-order valence-electron chi connectivity index (χ4n) is 2.22.